The number of benzene rings is 1. The van der Waals surface area contributed by atoms with Crippen molar-refractivity contribution in [2.75, 3.05) is 0 Å². The summed E-state index contributed by atoms with van der Waals surface area (Å²) >= 11 is 1.79. The van der Waals surface area contributed by atoms with E-state index in [1.54, 1.807) is 22.6 Å². The molecule has 15 heavy (non-hydrogen) atoms. The third kappa shape index (κ3) is 3.57. The monoisotopic (exact) mass is 332 g/mol. The molecule has 0 amide bonds. The molecule has 0 aliphatic heterocycles. The highest BCUT2D eigenvalue weighted by molar-refractivity contribution is 14.1. The Morgan fingerprint density at radius 2 is 2.00 bits per heavy atom. The van der Waals surface area contributed by atoms with Crippen molar-refractivity contribution in [2.24, 2.45) is 0 Å². The molecule has 0 saturated carbocycles. The maximum absolute atomic E-state index is 11.9. The van der Waals surface area contributed by atoms with Crippen molar-refractivity contribution >= 4 is 28.6 Å². The summed E-state index contributed by atoms with van der Waals surface area (Å²) in [4.78, 5) is 10.6. The van der Waals surface area contributed by atoms with Crippen LogP contribution in [-0.4, -0.2) is 17.4 Å². The first kappa shape index (κ1) is 12.1. The molecular weight excluding hydrogens is 328 g/mol. The van der Waals surface area contributed by atoms with Crippen LogP contribution >= 0.6 is 22.6 Å². The molecule has 0 spiro atoms. The van der Waals surface area contributed by atoms with Gasteiger partial charge < -0.3 is 9.84 Å². The molecule has 0 aromatic heterocycles. The first-order valence-electron chi connectivity index (χ1n) is 3.58. The Morgan fingerprint density at radius 1 is 1.40 bits per heavy atom. The van der Waals surface area contributed by atoms with Crippen molar-refractivity contribution in [1.82, 2.24) is 0 Å². The topological polar surface area (TPSA) is 46.5 Å². The molecule has 1 aromatic carbocycles. The number of rotatable bonds is 2. The van der Waals surface area contributed by atoms with Gasteiger partial charge in [0, 0.05) is 3.57 Å². The van der Waals surface area contributed by atoms with Crippen molar-refractivity contribution in [3.8, 4) is 5.75 Å². The zero-order valence-electron chi connectivity index (χ0n) is 7.01. The molecule has 1 aromatic rings. The first-order valence-corrected chi connectivity index (χ1v) is 4.66. The third-order valence-corrected chi connectivity index (χ3v) is 2.07. The van der Waals surface area contributed by atoms with Crippen LogP contribution < -0.4 is 4.74 Å². The highest BCUT2D eigenvalue weighted by atomic mass is 127. The van der Waals surface area contributed by atoms with Gasteiger partial charge in [0.05, 0.1) is 0 Å². The molecule has 1 rings (SSSR count). The number of halogens is 4. The number of carboxylic acid groups (broad SMARTS) is 1. The van der Waals surface area contributed by atoms with Crippen LogP contribution in [0.1, 0.15) is 10.4 Å². The number of aromatic carboxylic acids is 1. The summed E-state index contributed by atoms with van der Waals surface area (Å²) in [6.45, 7) is 0. The quantitative estimate of drug-likeness (QED) is 0.848. The van der Waals surface area contributed by atoms with Gasteiger partial charge in [-0.25, -0.2) is 4.79 Å². The van der Waals surface area contributed by atoms with Crippen molar-refractivity contribution in [3.05, 3.63) is 27.3 Å². The third-order valence-electron chi connectivity index (χ3n) is 1.40. The molecule has 82 valence electrons. The molecule has 0 fully saturated rings. The Balaban J connectivity index is 3.12. The molecule has 0 aliphatic rings. The van der Waals surface area contributed by atoms with Crippen molar-refractivity contribution in [3.63, 3.8) is 0 Å². The van der Waals surface area contributed by atoms with Crippen LogP contribution in [0.5, 0.6) is 5.75 Å². The molecule has 7 heteroatoms. The van der Waals surface area contributed by atoms with Crippen LogP contribution in [-0.2, 0) is 0 Å². The fourth-order valence-corrected chi connectivity index (χ4v) is 1.37. The highest BCUT2D eigenvalue weighted by Crippen LogP contribution is 2.27. The summed E-state index contributed by atoms with van der Waals surface area (Å²) in [5.41, 5.74) is -0.515. The molecular formula is C8H4F3IO3. The van der Waals surface area contributed by atoms with Crippen LogP contribution in [0.2, 0.25) is 0 Å². The largest absolute Gasteiger partial charge is 0.573 e. The Morgan fingerprint density at radius 3 is 2.47 bits per heavy atom. The normalized spacial score (nSPS) is 11.2. The van der Waals surface area contributed by atoms with Gasteiger partial charge in [-0.1, -0.05) is 0 Å². The van der Waals surface area contributed by atoms with Crippen LogP contribution in [0.3, 0.4) is 0 Å². The van der Waals surface area contributed by atoms with Gasteiger partial charge in [0.15, 0.2) is 0 Å². The van der Waals surface area contributed by atoms with E-state index in [1.165, 1.54) is 6.07 Å². The van der Waals surface area contributed by atoms with E-state index >= 15 is 0 Å². The van der Waals surface area contributed by atoms with Gasteiger partial charge in [0.2, 0.25) is 0 Å². The SMILES string of the molecule is O=C(O)c1cc(I)ccc1OC(F)(F)F. The average Bonchev–Trinajstić information content (AvgIpc) is 2.05. The van der Waals surface area contributed by atoms with Gasteiger partial charge in [-0.05, 0) is 40.8 Å². The number of ether oxygens (including phenoxy) is 1. The highest BCUT2D eigenvalue weighted by Gasteiger charge is 2.32. The molecule has 0 radical (unpaired) electrons. The second-order valence-electron chi connectivity index (χ2n) is 2.49. The van der Waals surface area contributed by atoms with E-state index in [9.17, 15) is 18.0 Å². The molecule has 3 nitrogen and oxygen atoms in total. The summed E-state index contributed by atoms with van der Waals surface area (Å²) in [6, 6.07) is 3.40. The van der Waals surface area contributed by atoms with E-state index in [0.717, 1.165) is 12.1 Å². The predicted molar refractivity (Wildman–Crippen MR) is 52.8 cm³/mol. The second kappa shape index (κ2) is 4.25. The Kier molecular flexibility index (Phi) is 3.42. The Hall–Kier alpha value is -0.990. The van der Waals surface area contributed by atoms with Crippen LogP contribution in [0.25, 0.3) is 0 Å². The molecule has 0 atom stereocenters. The fraction of sp³-hybridized carbons (Fsp3) is 0.125. The minimum Gasteiger partial charge on any atom is -0.478 e. The molecule has 1 N–H and O–H groups in total. The molecule has 0 unspecified atom stereocenters. The van der Waals surface area contributed by atoms with E-state index in [-0.39, 0.29) is 0 Å². The zero-order valence-corrected chi connectivity index (χ0v) is 9.17. The van der Waals surface area contributed by atoms with Crippen molar-refractivity contribution in [2.45, 2.75) is 6.36 Å². The van der Waals surface area contributed by atoms with Gasteiger partial charge in [-0.15, -0.1) is 13.2 Å². The minimum atomic E-state index is -4.89. The van der Waals surface area contributed by atoms with Gasteiger partial charge in [0.25, 0.3) is 0 Å². The number of hydrogen-bond acceptors (Lipinski definition) is 2. The fourth-order valence-electron chi connectivity index (χ4n) is 0.883. The number of carboxylic acids is 1. The second-order valence-corrected chi connectivity index (χ2v) is 3.74. The zero-order chi connectivity index (χ0) is 11.6. The maximum Gasteiger partial charge on any atom is 0.573 e. The van der Waals surface area contributed by atoms with Gasteiger partial charge >= 0.3 is 12.3 Å². The van der Waals surface area contributed by atoms with Crippen LogP contribution in [0.15, 0.2) is 18.2 Å². The molecule has 0 heterocycles. The summed E-state index contributed by atoms with van der Waals surface area (Å²) in [7, 11) is 0. The van der Waals surface area contributed by atoms with E-state index in [0.29, 0.717) is 3.57 Å². The first-order chi connectivity index (χ1) is 6.79. The molecule has 0 aliphatic carbocycles. The number of carbonyl (C=O) groups is 1. The number of alkyl halides is 3. The average molecular weight is 332 g/mol. The lowest BCUT2D eigenvalue weighted by Gasteiger charge is -2.11. The van der Waals surface area contributed by atoms with Crippen molar-refractivity contribution in [1.29, 1.82) is 0 Å². The van der Waals surface area contributed by atoms with E-state index in [4.69, 9.17) is 5.11 Å². The lowest BCUT2D eigenvalue weighted by molar-refractivity contribution is -0.274. The van der Waals surface area contributed by atoms with E-state index < -0.39 is 23.6 Å². The van der Waals surface area contributed by atoms with Crippen LogP contribution in [0.4, 0.5) is 13.2 Å². The minimum absolute atomic E-state index is 0.513. The van der Waals surface area contributed by atoms with Crippen LogP contribution in [0, 0.1) is 3.57 Å². The van der Waals surface area contributed by atoms with Gasteiger partial charge in [-0.2, -0.15) is 0 Å². The number of hydrogen-bond donors (Lipinski definition) is 1. The molecule has 0 bridgehead atoms. The smallest absolute Gasteiger partial charge is 0.478 e. The van der Waals surface area contributed by atoms with E-state index in [1.807, 2.05) is 0 Å². The summed E-state index contributed by atoms with van der Waals surface area (Å²) in [5, 5.41) is 8.64. The summed E-state index contributed by atoms with van der Waals surface area (Å²) < 4.78 is 39.7. The Bertz CT molecular complexity index is 389. The summed E-state index contributed by atoms with van der Waals surface area (Å²) in [5.74, 6) is -2.18. The molecule has 0 saturated heterocycles. The lowest BCUT2D eigenvalue weighted by atomic mass is 10.2. The van der Waals surface area contributed by atoms with Gasteiger partial charge in [0.1, 0.15) is 11.3 Å². The lowest BCUT2D eigenvalue weighted by Crippen LogP contribution is -2.19. The van der Waals surface area contributed by atoms with Crippen molar-refractivity contribution < 1.29 is 27.8 Å². The standard InChI is InChI=1S/C8H4F3IO3/c9-8(10,11)15-6-2-1-4(12)3-5(6)7(13)14/h1-3H,(H,13,14). The summed E-state index contributed by atoms with van der Waals surface area (Å²) in [6.07, 6.45) is -4.89. The predicted octanol–water partition coefficient (Wildman–Crippen LogP) is 2.89. The Labute approximate surface area is 96.0 Å². The maximum atomic E-state index is 11.9. The van der Waals surface area contributed by atoms with E-state index in [2.05, 4.69) is 4.74 Å². The van der Waals surface area contributed by atoms with Gasteiger partial charge in [-0.3, -0.25) is 0 Å².